The van der Waals surface area contributed by atoms with Gasteiger partial charge in [0.05, 0.1) is 70.4 Å². The highest BCUT2D eigenvalue weighted by atomic mass is 32.2. The molecule has 3 N–H and O–H groups in total. The Bertz CT molecular complexity index is 1260. The second-order valence-corrected chi connectivity index (χ2v) is 12.8. The Kier molecular flexibility index (Phi) is 18.3. The normalized spacial score (nSPS) is 12.4. The predicted octanol–water partition coefficient (Wildman–Crippen LogP) is 2.14. The van der Waals surface area contributed by atoms with E-state index >= 15 is 0 Å². The third-order valence-corrected chi connectivity index (χ3v) is 8.77. The molecule has 1 aromatic heterocycles. The van der Waals surface area contributed by atoms with Gasteiger partial charge in [0, 0.05) is 19.2 Å². The predicted molar refractivity (Wildman–Crippen MR) is 169 cm³/mol. The Hall–Kier alpha value is -3.15. The molecular formula is C30H50N6O9S. The summed E-state index contributed by atoms with van der Waals surface area (Å²) in [6.07, 6.45) is 6.43. The van der Waals surface area contributed by atoms with Crippen molar-refractivity contribution in [1.82, 2.24) is 30.1 Å². The van der Waals surface area contributed by atoms with E-state index < -0.39 is 27.9 Å². The van der Waals surface area contributed by atoms with Crippen LogP contribution in [0.15, 0.2) is 35.4 Å². The lowest BCUT2D eigenvalue weighted by Crippen LogP contribution is -2.51. The molecule has 0 aliphatic rings. The molecule has 0 spiro atoms. The van der Waals surface area contributed by atoms with Gasteiger partial charge in [0.15, 0.2) is 0 Å². The quantitative estimate of drug-likeness (QED) is 0.0799. The number of rotatable bonds is 25. The molecule has 0 radical (unpaired) electrons. The van der Waals surface area contributed by atoms with Crippen molar-refractivity contribution < 1.29 is 42.2 Å². The number of nitrogens with one attached hydrogen (secondary N) is 2. The van der Waals surface area contributed by atoms with Gasteiger partial charge in [-0.2, -0.15) is 4.31 Å². The topological polar surface area (TPSA) is 183 Å². The molecular weight excluding hydrogens is 620 g/mol. The van der Waals surface area contributed by atoms with E-state index in [-0.39, 0.29) is 17.3 Å². The van der Waals surface area contributed by atoms with Crippen LogP contribution in [0, 0.1) is 5.92 Å². The van der Waals surface area contributed by atoms with Crippen LogP contribution in [0.3, 0.4) is 0 Å². The van der Waals surface area contributed by atoms with Crippen molar-refractivity contribution in [3.05, 3.63) is 36.2 Å². The third-order valence-electron chi connectivity index (χ3n) is 6.93. The lowest BCUT2D eigenvalue weighted by molar-refractivity contribution is -0.134. The second-order valence-electron chi connectivity index (χ2n) is 10.9. The fraction of sp³-hybridized carbons (Fsp3) is 0.667. The zero-order chi connectivity index (χ0) is 33.8. The van der Waals surface area contributed by atoms with E-state index in [2.05, 4.69) is 22.6 Å². The van der Waals surface area contributed by atoms with Gasteiger partial charge >= 0.3 is 0 Å². The minimum absolute atomic E-state index is 0.0451. The molecule has 0 saturated carbocycles. The van der Waals surface area contributed by atoms with E-state index in [4.69, 9.17) is 18.9 Å². The maximum atomic E-state index is 13.7. The number of carbonyl (C=O) groups is 2. The first-order valence-corrected chi connectivity index (χ1v) is 17.1. The first-order valence-electron chi connectivity index (χ1n) is 15.6. The van der Waals surface area contributed by atoms with Gasteiger partial charge in [-0.1, -0.05) is 45.2 Å². The zero-order valence-electron chi connectivity index (χ0n) is 27.4. The molecule has 0 fully saturated rings. The Morgan fingerprint density at radius 1 is 0.978 bits per heavy atom. The van der Waals surface area contributed by atoms with Gasteiger partial charge in [0.2, 0.25) is 15.9 Å². The standard InChI is InChI=1S/C30H50N6O9S/c1-5-6-7-8-9-28(37)31-14-16-43-18-20-45-21-19-44-17-15-35-22-25(32-34-35)23-36(29(24(2)3)30(38)33-39)46(40,41)27-12-10-26(42-4)11-13-27/h10-13,22,24,29,39H,5-9,14-21,23H2,1-4H3,(H,31,37)(H,33,38)/t29-/m1/s1. The summed E-state index contributed by atoms with van der Waals surface area (Å²) in [7, 11) is -2.73. The number of ether oxygens (including phenoxy) is 4. The molecule has 1 heterocycles. The number of amides is 2. The van der Waals surface area contributed by atoms with Gasteiger partial charge in [-0.25, -0.2) is 18.6 Å². The number of sulfonamides is 1. The molecule has 1 atom stereocenters. The molecule has 46 heavy (non-hydrogen) atoms. The van der Waals surface area contributed by atoms with Crippen molar-refractivity contribution in [2.75, 3.05) is 53.3 Å². The Morgan fingerprint density at radius 3 is 2.24 bits per heavy atom. The van der Waals surface area contributed by atoms with Gasteiger partial charge in [-0.05, 0) is 36.6 Å². The summed E-state index contributed by atoms with van der Waals surface area (Å²) in [5.74, 6) is -0.804. The Morgan fingerprint density at radius 2 is 1.63 bits per heavy atom. The van der Waals surface area contributed by atoms with Crippen LogP contribution in [0.25, 0.3) is 0 Å². The molecule has 0 saturated heterocycles. The van der Waals surface area contributed by atoms with Gasteiger partial charge in [0.25, 0.3) is 5.91 Å². The van der Waals surface area contributed by atoms with Crippen molar-refractivity contribution >= 4 is 21.8 Å². The minimum atomic E-state index is -4.20. The highest BCUT2D eigenvalue weighted by molar-refractivity contribution is 7.89. The summed E-state index contributed by atoms with van der Waals surface area (Å²) in [4.78, 5) is 24.3. The molecule has 0 aliphatic heterocycles. The van der Waals surface area contributed by atoms with E-state index in [1.807, 2.05) is 0 Å². The van der Waals surface area contributed by atoms with Gasteiger partial charge in [-0.3, -0.25) is 14.8 Å². The molecule has 0 bridgehead atoms. The van der Waals surface area contributed by atoms with Crippen molar-refractivity contribution in [2.45, 2.75) is 76.9 Å². The zero-order valence-corrected chi connectivity index (χ0v) is 28.2. The summed E-state index contributed by atoms with van der Waals surface area (Å²) < 4.78 is 51.6. The average Bonchev–Trinajstić information content (AvgIpc) is 3.50. The second kappa shape index (κ2) is 21.6. The number of hydrogen-bond acceptors (Lipinski definition) is 11. The molecule has 2 rings (SSSR count). The molecule has 1 aromatic carbocycles. The van der Waals surface area contributed by atoms with E-state index in [9.17, 15) is 23.2 Å². The monoisotopic (exact) mass is 670 g/mol. The van der Waals surface area contributed by atoms with Crippen LogP contribution in [0.5, 0.6) is 5.75 Å². The van der Waals surface area contributed by atoms with E-state index in [1.54, 1.807) is 25.5 Å². The summed E-state index contributed by atoms with van der Waals surface area (Å²) in [5, 5.41) is 20.3. The van der Waals surface area contributed by atoms with Crippen LogP contribution < -0.4 is 15.5 Å². The van der Waals surface area contributed by atoms with Crippen LogP contribution >= 0.6 is 0 Å². The van der Waals surface area contributed by atoms with Gasteiger partial charge < -0.3 is 24.3 Å². The Balaban J connectivity index is 1.75. The van der Waals surface area contributed by atoms with E-state index in [1.165, 1.54) is 36.1 Å². The maximum absolute atomic E-state index is 13.7. The number of aromatic nitrogens is 3. The lowest BCUT2D eigenvalue weighted by atomic mass is 10.0. The summed E-state index contributed by atoms with van der Waals surface area (Å²) >= 11 is 0. The van der Waals surface area contributed by atoms with Crippen LogP contribution in [-0.2, 0) is 46.9 Å². The fourth-order valence-electron chi connectivity index (χ4n) is 4.49. The molecule has 2 aromatic rings. The first-order chi connectivity index (χ1) is 22.1. The summed E-state index contributed by atoms with van der Waals surface area (Å²) in [5.41, 5.74) is 1.89. The fourth-order valence-corrected chi connectivity index (χ4v) is 6.18. The number of hydroxylamine groups is 1. The molecule has 260 valence electrons. The van der Waals surface area contributed by atoms with E-state index in [0.29, 0.717) is 70.6 Å². The number of carbonyl (C=O) groups excluding carboxylic acids is 2. The molecule has 2 amide bonds. The first kappa shape index (κ1) is 39.0. The van der Waals surface area contributed by atoms with Gasteiger partial charge in [0.1, 0.15) is 11.8 Å². The summed E-state index contributed by atoms with van der Waals surface area (Å²) in [6, 6.07) is 4.58. The molecule has 15 nitrogen and oxygen atoms in total. The summed E-state index contributed by atoms with van der Waals surface area (Å²) in [6.45, 7) is 8.38. The van der Waals surface area contributed by atoms with Crippen molar-refractivity contribution in [3.63, 3.8) is 0 Å². The number of unbranched alkanes of at least 4 members (excludes halogenated alkanes) is 3. The average molecular weight is 671 g/mol. The smallest absolute Gasteiger partial charge is 0.262 e. The third kappa shape index (κ3) is 13.7. The number of methoxy groups -OCH3 is 1. The molecule has 16 heteroatoms. The van der Waals surface area contributed by atoms with Gasteiger partial charge in [-0.15, -0.1) is 5.10 Å². The minimum Gasteiger partial charge on any atom is -0.497 e. The number of hydrogen-bond donors (Lipinski definition) is 3. The van der Waals surface area contributed by atoms with Crippen LogP contribution in [-0.4, -0.2) is 104 Å². The molecule has 0 unspecified atom stereocenters. The van der Waals surface area contributed by atoms with Crippen molar-refractivity contribution in [2.24, 2.45) is 5.92 Å². The SMILES string of the molecule is CCCCCCC(=O)NCCOCCOCCOCCn1cc(CN([C@@H](C(=O)NO)C(C)C)S(=O)(=O)c2ccc(OC)cc2)nn1. The Labute approximate surface area is 271 Å². The number of benzene rings is 1. The number of nitrogens with zero attached hydrogens (tertiary/aromatic N) is 4. The van der Waals surface area contributed by atoms with Crippen LogP contribution in [0.2, 0.25) is 0 Å². The molecule has 0 aliphatic carbocycles. The highest BCUT2D eigenvalue weighted by Crippen LogP contribution is 2.26. The highest BCUT2D eigenvalue weighted by Gasteiger charge is 2.38. The van der Waals surface area contributed by atoms with E-state index in [0.717, 1.165) is 30.0 Å². The largest absolute Gasteiger partial charge is 0.497 e. The lowest BCUT2D eigenvalue weighted by Gasteiger charge is -2.31. The van der Waals surface area contributed by atoms with Crippen molar-refractivity contribution in [1.29, 1.82) is 0 Å². The van der Waals surface area contributed by atoms with Crippen molar-refractivity contribution in [3.8, 4) is 5.75 Å². The maximum Gasteiger partial charge on any atom is 0.262 e. The van der Waals surface area contributed by atoms with Crippen LogP contribution in [0.4, 0.5) is 0 Å². The van der Waals surface area contributed by atoms with Crippen LogP contribution in [0.1, 0.15) is 58.6 Å².